The molecule has 0 amide bonds. The molecule has 2 atom stereocenters. The fourth-order valence-electron chi connectivity index (χ4n) is 19.3. The van der Waals surface area contributed by atoms with E-state index in [2.05, 4.69) is 262 Å². The van der Waals surface area contributed by atoms with Crippen LogP contribution >= 0.6 is 11.3 Å². The maximum absolute atomic E-state index is 2.97. The van der Waals surface area contributed by atoms with Gasteiger partial charge in [-0.3, -0.25) is 0 Å². The summed E-state index contributed by atoms with van der Waals surface area (Å²) in [4.78, 5) is 8.63. The molecule has 8 aliphatic rings. The van der Waals surface area contributed by atoms with E-state index in [1.807, 2.05) is 0 Å². The summed E-state index contributed by atoms with van der Waals surface area (Å²) in [5, 5.41) is 1.41. The van der Waals surface area contributed by atoms with Crippen LogP contribution in [0.5, 0.6) is 0 Å². The largest absolute Gasteiger partial charge is 0.334 e. The van der Waals surface area contributed by atoms with Crippen molar-refractivity contribution in [2.24, 2.45) is 0 Å². The molecule has 1 fully saturated rings. The number of anilines is 8. The highest BCUT2D eigenvalue weighted by molar-refractivity contribution is 7.33. The summed E-state index contributed by atoms with van der Waals surface area (Å²) in [5.74, 6) is 0. The quantitative estimate of drug-likeness (QED) is 0.163. The molecule has 1 aromatic heterocycles. The highest BCUT2D eigenvalue weighted by atomic mass is 32.1. The predicted molar refractivity (Wildman–Crippen MR) is 378 cm³/mol. The summed E-state index contributed by atoms with van der Waals surface area (Å²) < 4.78 is 2.91. The van der Waals surface area contributed by atoms with E-state index in [9.17, 15) is 0 Å². The third-order valence-corrected chi connectivity index (χ3v) is 27.2. The second-order valence-electron chi connectivity index (χ2n) is 36.3. The number of fused-ring (bicyclic) bond motifs is 13. The Morgan fingerprint density at radius 1 is 0.379 bits per heavy atom. The second kappa shape index (κ2) is 17.8. The van der Waals surface area contributed by atoms with Crippen molar-refractivity contribution >= 4 is 89.3 Å². The molecule has 6 aromatic carbocycles. The van der Waals surface area contributed by atoms with Gasteiger partial charge in [0.15, 0.2) is 0 Å². The Bertz CT molecular complexity index is 4110. The average molecular weight is 1170 g/mol. The summed E-state index contributed by atoms with van der Waals surface area (Å²) in [7, 11) is 0. The lowest BCUT2D eigenvalue weighted by molar-refractivity contribution is 0.194. The smallest absolute Gasteiger partial charge is 0.264 e. The van der Waals surface area contributed by atoms with Crippen molar-refractivity contribution in [1.29, 1.82) is 0 Å². The Morgan fingerprint density at radius 3 is 1.38 bits per heavy atom. The molecule has 5 heteroatoms. The summed E-state index contributed by atoms with van der Waals surface area (Å²) in [6.45, 7) is 52.9. The Kier molecular flexibility index (Phi) is 11.9. The summed E-state index contributed by atoms with van der Waals surface area (Å²) >= 11 is 2.11. The monoisotopic (exact) mass is 1170 g/mol. The summed E-state index contributed by atoms with van der Waals surface area (Å²) in [6.07, 6.45) is 14.4. The molecular formula is C82H102BN3S. The van der Waals surface area contributed by atoms with Gasteiger partial charge in [0.2, 0.25) is 0 Å². The number of nitrogens with zero attached hydrogens (tertiary/aromatic N) is 3. The molecule has 15 rings (SSSR count). The van der Waals surface area contributed by atoms with E-state index in [-0.39, 0.29) is 66.4 Å². The van der Waals surface area contributed by atoms with Gasteiger partial charge in [-0.2, -0.15) is 0 Å². The van der Waals surface area contributed by atoms with E-state index in [0.29, 0.717) is 0 Å². The van der Waals surface area contributed by atoms with Gasteiger partial charge in [0, 0.05) is 60.1 Å². The second-order valence-corrected chi connectivity index (χ2v) is 37.4. The maximum atomic E-state index is 2.97. The first kappa shape index (κ1) is 58.1. The Hall–Kier alpha value is -5.26. The van der Waals surface area contributed by atoms with Crippen molar-refractivity contribution in [3.8, 4) is 0 Å². The van der Waals surface area contributed by atoms with Crippen LogP contribution in [0.15, 0.2) is 91.0 Å². The Morgan fingerprint density at radius 2 is 0.828 bits per heavy atom. The van der Waals surface area contributed by atoms with Crippen molar-refractivity contribution in [3.05, 3.63) is 147 Å². The lowest BCUT2D eigenvalue weighted by Crippen LogP contribution is -2.61. The van der Waals surface area contributed by atoms with Crippen LogP contribution in [0.2, 0.25) is 0 Å². The molecule has 4 heterocycles. The zero-order valence-electron chi connectivity index (χ0n) is 57.5. The molecule has 454 valence electrons. The predicted octanol–water partition coefficient (Wildman–Crippen LogP) is 21.4. The van der Waals surface area contributed by atoms with Crippen LogP contribution < -0.4 is 30.4 Å². The van der Waals surface area contributed by atoms with E-state index in [0.717, 1.165) is 6.42 Å². The highest BCUT2D eigenvalue weighted by Gasteiger charge is 2.60. The zero-order chi connectivity index (χ0) is 61.9. The molecule has 5 aliphatic carbocycles. The van der Waals surface area contributed by atoms with E-state index >= 15 is 0 Å². The van der Waals surface area contributed by atoms with Crippen LogP contribution in [-0.2, 0) is 54.1 Å². The van der Waals surface area contributed by atoms with Gasteiger partial charge in [-0.1, -0.05) is 182 Å². The fourth-order valence-corrected chi connectivity index (χ4v) is 20.6. The SMILES string of the molecule is CC(C)(C)c1ccc(N2c3cc(N4c5cc6c(cc5C5(C)CCCCC45C)C(C)(C)CCC6(C)C)cc4c3B(c3cc5c(cc3N4c3ccc4c(c3)C(C)(C)CCC4(C)C)C(C)(C)CCC5(C)C)c3sc4cc5c(cc4c32)C(C)(C)CCC5(C)C)cc1. The van der Waals surface area contributed by atoms with Gasteiger partial charge in [-0.05, 0) is 247 Å². The maximum Gasteiger partial charge on any atom is 0.264 e. The number of thiophene rings is 1. The van der Waals surface area contributed by atoms with Crippen LogP contribution in [-0.4, -0.2) is 12.3 Å². The minimum atomic E-state index is -0.161. The first-order chi connectivity index (χ1) is 40.4. The first-order valence-corrected chi connectivity index (χ1v) is 35.1. The minimum Gasteiger partial charge on any atom is -0.334 e. The molecule has 3 nitrogen and oxygen atoms in total. The third kappa shape index (κ3) is 8.03. The Balaban J connectivity index is 1.11. The molecule has 0 saturated heterocycles. The number of rotatable bonds is 3. The molecule has 0 bridgehead atoms. The number of hydrogen-bond acceptors (Lipinski definition) is 4. The van der Waals surface area contributed by atoms with Gasteiger partial charge in [0.05, 0.1) is 11.2 Å². The molecule has 0 spiro atoms. The van der Waals surface area contributed by atoms with Crippen molar-refractivity contribution in [3.63, 3.8) is 0 Å². The van der Waals surface area contributed by atoms with Crippen molar-refractivity contribution in [2.75, 3.05) is 14.7 Å². The van der Waals surface area contributed by atoms with Gasteiger partial charge in [0.25, 0.3) is 6.71 Å². The van der Waals surface area contributed by atoms with E-state index < -0.39 is 0 Å². The molecule has 2 unspecified atom stereocenters. The van der Waals surface area contributed by atoms with Gasteiger partial charge in [-0.15, -0.1) is 11.3 Å². The fraction of sp³-hybridized carbons (Fsp3) is 0.537. The number of benzene rings is 6. The molecule has 0 N–H and O–H groups in total. The van der Waals surface area contributed by atoms with E-state index in [1.165, 1.54) is 170 Å². The molecule has 1 saturated carbocycles. The van der Waals surface area contributed by atoms with Crippen LogP contribution in [0.4, 0.5) is 45.5 Å². The molecule has 3 aliphatic heterocycles. The Labute approximate surface area is 529 Å². The lowest BCUT2D eigenvalue weighted by atomic mass is 9.35. The van der Waals surface area contributed by atoms with Crippen LogP contribution in [0.3, 0.4) is 0 Å². The van der Waals surface area contributed by atoms with Gasteiger partial charge in [0.1, 0.15) is 0 Å². The third-order valence-electron chi connectivity index (χ3n) is 26.0. The molecular weight excluding hydrogens is 1070 g/mol. The van der Waals surface area contributed by atoms with Crippen LogP contribution in [0.25, 0.3) is 10.1 Å². The van der Waals surface area contributed by atoms with Crippen molar-refractivity contribution in [2.45, 2.75) is 282 Å². The number of hydrogen-bond donors (Lipinski definition) is 0. The summed E-state index contributed by atoms with van der Waals surface area (Å²) in [5.41, 5.74) is 29.3. The minimum absolute atomic E-state index is 0.0147. The standard InChI is InChI=1S/C82H102BN3S/c1-72(2,3)49-24-26-50(27-25-49)85-67-42-52(86-64-46-59-57(76(10,11)35-37-78(59,14)15)44-62(64)81(20)30-22-23-31-82(81,86)21)41-66-69(67)83(71-70(85)53-43-56-61(48-68(53)87-71)80(18,19)39-34-75(56,8)9)63-45-58-60(79(16,17)38-36-77(58,12)13)47-65(63)84(66)51-28-29-54-55(40-51)74(6,7)33-32-73(54,4)5/h24-29,40-48H,22-23,30-39H2,1-21H3. The summed E-state index contributed by atoms with van der Waals surface area (Å²) in [6, 6.07) is 39.6. The van der Waals surface area contributed by atoms with E-state index in [4.69, 9.17) is 0 Å². The zero-order valence-corrected chi connectivity index (χ0v) is 58.3. The topological polar surface area (TPSA) is 9.72 Å². The van der Waals surface area contributed by atoms with E-state index in [1.54, 1.807) is 27.8 Å². The van der Waals surface area contributed by atoms with Crippen molar-refractivity contribution < 1.29 is 0 Å². The normalized spacial score (nSPS) is 25.7. The average Bonchev–Trinajstić information content (AvgIpc) is 1.64. The first-order valence-electron chi connectivity index (χ1n) is 34.3. The van der Waals surface area contributed by atoms with Gasteiger partial charge >= 0.3 is 0 Å². The van der Waals surface area contributed by atoms with Crippen LogP contribution in [0.1, 0.15) is 278 Å². The van der Waals surface area contributed by atoms with Gasteiger partial charge < -0.3 is 14.7 Å². The van der Waals surface area contributed by atoms with Crippen LogP contribution in [0, 0.1) is 0 Å². The molecule has 0 radical (unpaired) electrons. The molecule has 87 heavy (non-hydrogen) atoms. The highest BCUT2D eigenvalue weighted by Crippen LogP contribution is 2.65. The lowest BCUT2D eigenvalue weighted by Gasteiger charge is -2.51. The van der Waals surface area contributed by atoms with Crippen molar-refractivity contribution in [1.82, 2.24) is 0 Å². The van der Waals surface area contributed by atoms with Gasteiger partial charge in [-0.25, -0.2) is 0 Å². The molecule has 7 aromatic rings.